The van der Waals surface area contributed by atoms with Crippen LogP contribution >= 0.6 is 0 Å². The lowest BCUT2D eigenvalue weighted by Crippen LogP contribution is -2.21. The zero-order valence-electron chi connectivity index (χ0n) is 14.4. The predicted molar refractivity (Wildman–Crippen MR) is 98.6 cm³/mol. The number of nitrogens with zero attached hydrogens (tertiary/aromatic N) is 3. The molecule has 0 fully saturated rings. The Balaban J connectivity index is 1.68. The maximum atomic E-state index is 13.6. The van der Waals surface area contributed by atoms with Gasteiger partial charge in [0.05, 0.1) is 5.69 Å². The summed E-state index contributed by atoms with van der Waals surface area (Å²) in [5.74, 6) is -1.78. The van der Waals surface area contributed by atoms with Gasteiger partial charge >= 0.3 is 0 Å². The number of hydrogen-bond acceptors (Lipinski definition) is 5. The highest BCUT2D eigenvalue weighted by atomic mass is 19.1. The molecule has 138 valence electrons. The Morgan fingerprint density at radius 3 is 2.67 bits per heavy atom. The fraction of sp³-hybridized carbons (Fsp3) is 0.111. The first-order valence-corrected chi connectivity index (χ1v) is 8.05. The normalized spacial score (nSPS) is 10.4. The Hall–Kier alpha value is -3.75. The SMILES string of the molecule is Cc1cccc(NC(=O)Cn2nnc(C(=O)Nc3ccccc3F)c2N)c1. The number of halogens is 1. The standard InChI is InChI=1S/C18H17FN6O2/c1-11-5-4-6-12(9-11)21-15(26)10-25-17(20)16(23-24-25)18(27)22-14-8-3-2-7-13(14)19/h2-9H,10,20H2,1H3,(H,21,26)(H,22,27). The molecule has 8 nitrogen and oxygen atoms in total. The molecule has 0 saturated heterocycles. The van der Waals surface area contributed by atoms with Crippen LogP contribution in [0.1, 0.15) is 16.1 Å². The largest absolute Gasteiger partial charge is 0.382 e. The van der Waals surface area contributed by atoms with Gasteiger partial charge in [0, 0.05) is 5.69 Å². The minimum absolute atomic E-state index is 0.00589. The highest BCUT2D eigenvalue weighted by molar-refractivity contribution is 6.05. The van der Waals surface area contributed by atoms with Gasteiger partial charge in [-0.05, 0) is 36.8 Å². The molecule has 0 unspecified atom stereocenters. The molecule has 1 heterocycles. The molecule has 0 aliphatic carbocycles. The molecule has 0 spiro atoms. The second-order valence-electron chi connectivity index (χ2n) is 5.83. The lowest BCUT2D eigenvalue weighted by atomic mass is 10.2. The van der Waals surface area contributed by atoms with Crippen molar-refractivity contribution in [2.45, 2.75) is 13.5 Å². The Kier molecular flexibility index (Phi) is 5.11. The van der Waals surface area contributed by atoms with Gasteiger partial charge in [0.15, 0.2) is 11.5 Å². The van der Waals surface area contributed by atoms with Crippen LogP contribution in [0.15, 0.2) is 48.5 Å². The number of carbonyl (C=O) groups excluding carboxylic acids is 2. The van der Waals surface area contributed by atoms with Crippen molar-refractivity contribution in [1.29, 1.82) is 0 Å². The van der Waals surface area contributed by atoms with Gasteiger partial charge in [-0.3, -0.25) is 9.59 Å². The molecule has 0 bridgehead atoms. The van der Waals surface area contributed by atoms with Crippen LogP contribution in [0.25, 0.3) is 0 Å². The van der Waals surface area contributed by atoms with E-state index in [1.807, 2.05) is 25.1 Å². The van der Waals surface area contributed by atoms with E-state index in [-0.39, 0.29) is 29.7 Å². The van der Waals surface area contributed by atoms with E-state index in [0.717, 1.165) is 10.2 Å². The van der Waals surface area contributed by atoms with Gasteiger partial charge < -0.3 is 16.4 Å². The summed E-state index contributed by atoms with van der Waals surface area (Å²) in [6.45, 7) is 1.69. The van der Waals surface area contributed by atoms with Gasteiger partial charge in [0.1, 0.15) is 12.4 Å². The van der Waals surface area contributed by atoms with Gasteiger partial charge in [-0.1, -0.05) is 29.5 Å². The summed E-state index contributed by atoms with van der Waals surface area (Å²) < 4.78 is 14.7. The van der Waals surface area contributed by atoms with Crippen LogP contribution in [0.5, 0.6) is 0 Å². The summed E-state index contributed by atoms with van der Waals surface area (Å²) in [7, 11) is 0. The summed E-state index contributed by atoms with van der Waals surface area (Å²) in [5, 5.41) is 12.5. The van der Waals surface area contributed by atoms with Crippen LogP contribution in [-0.4, -0.2) is 26.8 Å². The number of nitrogens with two attached hydrogens (primary N) is 1. The third-order valence-corrected chi connectivity index (χ3v) is 3.71. The molecule has 2 aromatic carbocycles. The van der Waals surface area contributed by atoms with Crippen molar-refractivity contribution in [2.24, 2.45) is 0 Å². The van der Waals surface area contributed by atoms with Gasteiger partial charge in [-0.25, -0.2) is 9.07 Å². The van der Waals surface area contributed by atoms with Gasteiger partial charge in [-0.2, -0.15) is 0 Å². The molecule has 1 aromatic heterocycles. The fourth-order valence-electron chi connectivity index (χ4n) is 2.40. The number of nitrogens with one attached hydrogen (secondary N) is 2. The molecule has 0 radical (unpaired) electrons. The highest BCUT2D eigenvalue weighted by Crippen LogP contribution is 2.16. The predicted octanol–water partition coefficient (Wildman–Crippen LogP) is 2.20. The van der Waals surface area contributed by atoms with Gasteiger partial charge in [-0.15, -0.1) is 5.10 Å². The summed E-state index contributed by atoms with van der Waals surface area (Å²) >= 11 is 0. The number of anilines is 3. The highest BCUT2D eigenvalue weighted by Gasteiger charge is 2.20. The van der Waals surface area contributed by atoms with E-state index in [2.05, 4.69) is 20.9 Å². The third-order valence-electron chi connectivity index (χ3n) is 3.71. The van der Waals surface area contributed by atoms with Gasteiger partial charge in [0.2, 0.25) is 5.91 Å². The van der Waals surface area contributed by atoms with Crippen LogP contribution in [0, 0.1) is 12.7 Å². The van der Waals surface area contributed by atoms with Crippen LogP contribution < -0.4 is 16.4 Å². The van der Waals surface area contributed by atoms with E-state index in [9.17, 15) is 14.0 Å². The number of rotatable bonds is 5. The molecule has 4 N–H and O–H groups in total. The smallest absolute Gasteiger partial charge is 0.280 e. The van der Waals surface area contributed by atoms with Crippen LogP contribution in [-0.2, 0) is 11.3 Å². The Morgan fingerprint density at radius 2 is 1.93 bits per heavy atom. The number of hydrogen-bond donors (Lipinski definition) is 3. The average molecular weight is 368 g/mol. The number of carbonyl (C=O) groups is 2. The van der Waals surface area contributed by atoms with Crippen molar-refractivity contribution in [1.82, 2.24) is 15.0 Å². The van der Waals surface area contributed by atoms with E-state index in [1.54, 1.807) is 12.1 Å². The summed E-state index contributed by atoms with van der Waals surface area (Å²) in [6.07, 6.45) is 0. The molecular weight excluding hydrogens is 351 g/mol. The first kappa shape index (κ1) is 18.1. The van der Waals surface area contributed by atoms with E-state index in [1.165, 1.54) is 18.2 Å². The molecule has 2 amide bonds. The third kappa shape index (κ3) is 4.27. The van der Waals surface area contributed by atoms with Crippen molar-refractivity contribution in [3.63, 3.8) is 0 Å². The number of aromatic nitrogens is 3. The van der Waals surface area contributed by atoms with Crippen molar-refractivity contribution in [3.8, 4) is 0 Å². The molecular formula is C18H17FN6O2. The molecule has 0 aliphatic rings. The zero-order chi connectivity index (χ0) is 19.4. The molecule has 27 heavy (non-hydrogen) atoms. The van der Waals surface area contributed by atoms with Gasteiger partial charge in [0.25, 0.3) is 5.91 Å². The van der Waals surface area contributed by atoms with Crippen LogP contribution in [0.2, 0.25) is 0 Å². The van der Waals surface area contributed by atoms with E-state index < -0.39 is 11.7 Å². The molecule has 0 atom stereocenters. The maximum Gasteiger partial charge on any atom is 0.280 e. The first-order valence-electron chi connectivity index (χ1n) is 8.05. The Bertz CT molecular complexity index is 1000. The van der Waals surface area contributed by atoms with Crippen molar-refractivity contribution < 1.29 is 14.0 Å². The Labute approximate surface area is 154 Å². The number of amides is 2. The van der Waals surface area contributed by atoms with Crippen molar-refractivity contribution in [2.75, 3.05) is 16.4 Å². The van der Waals surface area contributed by atoms with E-state index in [4.69, 9.17) is 5.73 Å². The molecule has 9 heteroatoms. The monoisotopic (exact) mass is 368 g/mol. The first-order chi connectivity index (χ1) is 12.9. The number of benzene rings is 2. The minimum atomic E-state index is -0.719. The summed E-state index contributed by atoms with van der Waals surface area (Å²) in [6, 6.07) is 13.0. The van der Waals surface area contributed by atoms with E-state index >= 15 is 0 Å². The second kappa shape index (κ2) is 7.65. The number of aryl methyl sites for hydroxylation is 1. The number of para-hydroxylation sites is 1. The molecule has 3 aromatic rings. The average Bonchev–Trinajstić information content (AvgIpc) is 2.97. The second-order valence-corrected chi connectivity index (χ2v) is 5.83. The molecule has 0 saturated carbocycles. The molecule has 3 rings (SSSR count). The Morgan fingerprint density at radius 1 is 1.15 bits per heavy atom. The lowest BCUT2D eigenvalue weighted by molar-refractivity contribution is -0.116. The fourth-order valence-corrected chi connectivity index (χ4v) is 2.40. The minimum Gasteiger partial charge on any atom is -0.382 e. The summed E-state index contributed by atoms with van der Waals surface area (Å²) in [4.78, 5) is 24.4. The summed E-state index contributed by atoms with van der Waals surface area (Å²) in [5.41, 5.74) is 7.30. The molecule has 0 aliphatic heterocycles. The van der Waals surface area contributed by atoms with Crippen LogP contribution in [0.3, 0.4) is 0 Å². The van der Waals surface area contributed by atoms with E-state index in [0.29, 0.717) is 5.69 Å². The van der Waals surface area contributed by atoms with Crippen molar-refractivity contribution >= 4 is 29.0 Å². The van der Waals surface area contributed by atoms with Crippen LogP contribution in [0.4, 0.5) is 21.6 Å². The lowest BCUT2D eigenvalue weighted by Gasteiger charge is -2.07. The maximum absolute atomic E-state index is 13.6. The quantitative estimate of drug-likeness (QED) is 0.639. The zero-order valence-corrected chi connectivity index (χ0v) is 14.4. The van der Waals surface area contributed by atoms with Crippen molar-refractivity contribution in [3.05, 3.63) is 65.6 Å². The topological polar surface area (TPSA) is 115 Å². The number of nitrogen functional groups attached to an aromatic ring is 1.